The number of nitro groups is 1. The predicted molar refractivity (Wildman–Crippen MR) is 78.8 cm³/mol. The van der Waals surface area contributed by atoms with Crippen LogP contribution in [0, 0.1) is 17.0 Å². The van der Waals surface area contributed by atoms with Crippen molar-refractivity contribution in [1.29, 1.82) is 0 Å². The van der Waals surface area contributed by atoms with Crippen LogP contribution >= 0.6 is 0 Å². The smallest absolute Gasteiger partial charge is 0.311 e. The Morgan fingerprint density at radius 2 is 2.09 bits per heavy atom. The molecule has 2 aromatic rings. The van der Waals surface area contributed by atoms with Crippen LogP contribution < -0.4 is 5.43 Å². The highest BCUT2D eigenvalue weighted by Gasteiger charge is 2.17. The van der Waals surface area contributed by atoms with Crippen LogP contribution in [0.2, 0.25) is 0 Å². The maximum Gasteiger partial charge on any atom is 0.311 e. The molecule has 1 aromatic heterocycles. The molecule has 2 N–H and O–H groups in total. The number of hydrogen-bond donors (Lipinski definition) is 2. The van der Waals surface area contributed by atoms with Crippen molar-refractivity contribution in [2.75, 3.05) is 0 Å². The number of phenolic OH excluding ortho intramolecular Hbond substituents is 1. The number of nitro benzene ring substituents is 1. The molecule has 0 atom stereocenters. The molecule has 0 bridgehead atoms. The number of hydrazone groups is 1. The van der Waals surface area contributed by atoms with E-state index in [1.807, 2.05) is 0 Å². The molecule has 1 heterocycles. The minimum Gasteiger partial charge on any atom is -0.502 e. The Bertz CT molecular complexity index is 744. The highest BCUT2D eigenvalue weighted by atomic mass is 16.6. The van der Waals surface area contributed by atoms with E-state index >= 15 is 0 Å². The van der Waals surface area contributed by atoms with E-state index in [1.54, 1.807) is 6.92 Å². The highest BCUT2D eigenvalue weighted by molar-refractivity contribution is 5.95. The molecular weight excluding hydrogens is 288 g/mol. The Labute approximate surface area is 125 Å². The monoisotopic (exact) mass is 300 g/mol. The van der Waals surface area contributed by atoms with E-state index in [9.17, 15) is 20.0 Å². The first-order chi connectivity index (χ1) is 10.5. The van der Waals surface area contributed by atoms with E-state index in [0.29, 0.717) is 11.1 Å². The third-order valence-electron chi connectivity index (χ3n) is 2.77. The Hall–Kier alpha value is -3.29. The molecule has 0 radical (unpaired) electrons. The third-order valence-corrected chi connectivity index (χ3v) is 2.77. The summed E-state index contributed by atoms with van der Waals surface area (Å²) in [6.07, 6.45) is 4.08. The van der Waals surface area contributed by atoms with Crippen LogP contribution in [0.25, 0.3) is 0 Å². The lowest BCUT2D eigenvalue weighted by molar-refractivity contribution is -0.385. The van der Waals surface area contributed by atoms with Gasteiger partial charge in [0.1, 0.15) is 0 Å². The van der Waals surface area contributed by atoms with Gasteiger partial charge in [-0.1, -0.05) is 0 Å². The SMILES string of the molecule is Cc1cc(C=NNC(=O)c2ccncc2)c(O)c([N+](=O)[O-])c1. The molecule has 0 saturated heterocycles. The zero-order valence-corrected chi connectivity index (χ0v) is 11.6. The summed E-state index contributed by atoms with van der Waals surface area (Å²) in [7, 11) is 0. The van der Waals surface area contributed by atoms with Gasteiger partial charge in [0, 0.05) is 29.6 Å². The van der Waals surface area contributed by atoms with E-state index in [0.717, 1.165) is 6.21 Å². The molecule has 8 nitrogen and oxygen atoms in total. The molecule has 0 spiro atoms. The summed E-state index contributed by atoms with van der Waals surface area (Å²) in [5.74, 6) is -0.960. The van der Waals surface area contributed by atoms with Gasteiger partial charge in [-0.2, -0.15) is 5.10 Å². The zero-order valence-electron chi connectivity index (χ0n) is 11.6. The van der Waals surface area contributed by atoms with Gasteiger partial charge in [0.05, 0.1) is 11.1 Å². The zero-order chi connectivity index (χ0) is 16.1. The number of carbonyl (C=O) groups is 1. The Morgan fingerprint density at radius 3 is 2.73 bits per heavy atom. The molecule has 22 heavy (non-hydrogen) atoms. The quantitative estimate of drug-likeness (QED) is 0.507. The first-order valence-corrected chi connectivity index (χ1v) is 6.20. The predicted octanol–water partition coefficient (Wildman–Crippen LogP) is 1.77. The lowest BCUT2D eigenvalue weighted by Crippen LogP contribution is -2.17. The molecule has 0 fully saturated rings. The van der Waals surface area contributed by atoms with E-state index in [4.69, 9.17) is 0 Å². The van der Waals surface area contributed by atoms with Crippen LogP contribution in [-0.2, 0) is 0 Å². The van der Waals surface area contributed by atoms with Crippen molar-refractivity contribution in [1.82, 2.24) is 10.4 Å². The lowest BCUT2D eigenvalue weighted by Gasteiger charge is -2.03. The first-order valence-electron chi connectivity index (χ1n) is 6.20. The number of aromatic hydroxyl groups is 1. The van der Waals surface area contributed by atoms with Crippen LogP contribution in [0.1, 0.15) is 21.5 Å². The largest absolute Gasteiger partial charge is 0.502 e. The molecule has 0 unspecified atom stereocenters. The number of benzene rings is 1. The van der Waals surface area contributed by atoms with Crippen molar-refractivity contribution < 1.29 is 14.8 Å². The second-order valence-corrected chi connectivity index (χ2v) is 4.41. The molecule has 0 aliphatic rings. The van der Waals surface area contributed by atoms with Crippen molar-refractivity contribution in [2.24, 2.45) is 5.10 Å². The van der Waals surface area contributed by atoms with E-state index < -0.39 is 22.3 Å². The van der Waals surface area contributed by atoms with Crippen LogP contribution in [0.4, 0.5) is 5.69 Å². The number of hydrogen-bond acceptors (Lipinski definition) is 6. The van der Waals surface area contributed by atoms with Crippen molar-refractivity contribution in [3.63, 3.8) is 0 Å². The number of aromatic nitrogens is 1. The summed E-state index contributed by atoms with van der Waals surface area (Å²) in [6, 6.07) is 5.80. The molecule has 8 heteroatoms. The van der Waals surface area contributed by atoms with E-state index in [2.05, 4.69) is 15.5 Å². The lowest BCUT2D eigenvalue weighted by atomic mass is 10.1. The number of amides is 1. The van der Waals surface area contributed by atoms with Gasteiger partial charge in [-0.15, -0.1) is 0 Å². The average Bonchev–Trinajstić information content (AvgIpc) is 2.50. The Kier molecular flexibility index (Phi) is 4.42. The van der Waals surface area contributed by atoms with Gasteiger partial charge in [0.2, 0.25) is 5.75 Å². The highest BCUT2D eigenvalue weighted by Crippen LogP contribution is 2.29. The summed E-state index contributed by atoms with van der Waals surface area (Å²) < 4.78 is 0. The third kappa shape index (κ3) is 3.42. The van der Waals surface area contributed by atoms with E-state index in [-0.39, 0.29) is 5.56 Å². The van der Waals surface area contributed by atoms with Gasteiger partial charge in [0.25, 0.3) is 5.91 Å². The van der Waals surface area contributed by atoms with Crippen molar-refractivity contribution >= 4 is 17.8 Å². The average molecular weight is 300 g/mol. The molecule has 0 aliphatic carbocycles. The summed E-state index contributed by atoms with van der Waals surface area (Å²) in [5, 5.41) is 24.3. The van der Waals surface area contributed by atoms with Crippen molar-refractivity contribution in [2.45, 2.75) is 6.92 Å². The number of phenols is 1. The van der Waals surface area contributed by atoms with Crippen LogP contribution in [0.3, 0.4) is 0 Å². The standard InChI is InChI=1S/C14H12N4O4/c1-9-6-11(13(19)12(7-9)18(21)22)8-16-17-14(20)10-2-4-15-5-3-10/h2-8,19H,1H3,(H,17,20). The minimum absolute atomic E-state index is 0.140. The van der Waals surface area contributed by atoms with E-state index in [1.165, 1.54) is 36.7 Å². The topological polar surface area (TPSA) is 118 Å². The van der Waals surface area contributed by atoms with Gasteiger partial charge < -0.3 is 5.11 Å². The molecule has 1 aromatic carbocycles. The molecule has 2 rings (SSSR count). The molecule has 1 amide bonds. The fourth-order valence-corrected chi connectivity index (χ4v) is 1.75. The summed E-state index contributed by atoms with van der Waals surface area (Å²) in [4.78, 5) is 25.7. The number of carbonyl (C=O) groups excluding carboxylic acids is 1. The van der Waals surface area contributed by atoms with Crippen molar-refractivity contribution in [3.8, 4) is 5.75 Å². The van der Waals surface area contributed by atoms with Gasteiger partial charge in [-0.25, -0.2) is 5.43 Å². The van der Waals surface area contributed by atoms with Gasteiger partial charge >= 0.3 is 5.69 Å². The number of pyridine rings is 1. The van der Waals surface area contributed by atoms with Gasteiger partial charge in [-0.05, 0) is 30.7 Å². The van der Waals surface area contributed by atoms with Gasteiger partial charge in [-0.3, -0.25) is 19.9 Å². The second-order valence-electron chi connectivity index (χ2n) is 4.41. The number of nitrogens with zero attached hydrogens (tertiary/aromatic N) is 3. The molecule has 0 aliphatic heterocycles. The minimum atomic E-state index is -0.685. The second kappa shape index (κ2) is 6.44. The van der Waals surface area contributed by atoms with Crippen LogP contribution in [0.15, 0.2) is 41.8 Å². The maximum absolute atomic E-state index is 11.7. The first kappa shape index (κ1) is 15.1. The summed E-state index contributed by atoms with van der Waals surface area (Å²) >= 11 is 0. The Balaban J connectivity index is 2.17. The number of rotatable bonds is 4. The fraction of sp³-hybridized carbons (Fsp3) is 0.0714. The molecule has 0 saturated carbocycles. The number of aryl methyl sites for hydroxylation is 1. The molecular formula is C14H12N4O4. The maximum atomic E-state index is 11.7. The summed E-state index contributed by atoms with van der Waals surface area (Å²) in [6.45, 7) is 1.65. The fourth-order valence-electron chi connectivity index (χ4n) is 1.75. The Morgan fingerprint density at radius 1 is 1.41 bits per heavy atom. The van der Waals surface area contributed by atoms with Crippen LogP contribution in [-0.4, -0.2) is 27.1 Å². The number of nitrogens with one attached hydrogen (secondary N) is 1. The normalized spacial score (nSPS) is 10.6. The van der Waals surface area contributed by atoms with Crippen molar-refractivity contribution in [3.05, 3.63) is 63.5 Å². The summed E-state index contributed by atoms with van der Waals surface area (Å²) in [5.41, 5.74) is 2.95. The molecule has 112 valence electrons. The van der Waals surface area contributed by atoms with Crippen LogP contribution in [0.5, 0.6) is 5.75 Å². The van der Waals surface area contributed by atoms with Gasteiger partial charge in [0.15, 0.2) is 0 Å².